The fourth-order valence-electron chi connectivity index (χ4n) is 3.71. The Morgan fingerprint density at radius 1 is 1.00 bits per heavy atom. The van der Waals surface area contributed by atoms with Gasteiger partial charge in [0, 0.05) is 12.7 Å². The molecule has 0 unspecified atom stereocenters. The Labute approximate surface area is 210 Å². The van der Waals surface area contributed by atoms with E-state index in [0.717, 1.165) is 34.2 Å². The van der Waals surface area contributed by atoms with E-state index in [-0.39, 0.29) is 11.7 Å². The van der Waals surface area contributed by atoms with Crippen LogP contribution in [-0.4, -0.2) is 40.6 Å². The molecule has 0 saturated carbocycles. The number of aryl methyl sites for hydroxylation is 1. The van der Waals surface area contributed by atoms with E-state index in [0.29, 0.717) is 11.7 Å². The lowest BCUT2D eigenvalue weighted by Gasteiger charge is -2.18. The summed E-state index contributed by atoms with van der Waals surface area (Å²) < 4.78 is 7.49. The van der Waals surface area contributed by atoms with Crippen molar-refractivity contribution in [2.75, 3.05) is 30.1 Å². The van der Waals surface area contributed by atoms with E-state index in [2.05, 4.69) is 41.5 Å². The SMILES string of the molecule is COc1ccccc1NCc1nnc(SCC(=O)N(C)c2ccccc2)n1-c1cccc(C)c1C. The zero-order valence-corrected chi connectivity index (χ0v) is 21.2. The number of ether oxygens (including phenoxy) is 1. The third-order valence-corrected chi connectivity index (χ3v) is 6.82. The number of nitrogens with zero attached hydrogens (tertiary/aromatic N) is 4. The van der Waals surface area contributed by atoms with Crippen molar-refractivity contribution >= 4 is 29.0 Å². The molecule has 0 bridgehead atoms. The number of aromatic nitrogens is 3. The number of benzene rings is 3. The fourth-order valence-corrected chi connectivity index (χ4v) is 4.59. The van der Waals surface area contributed by atoms with Gasteiger partial charge in [-0.15, -0.1) is 10.2 Å². The van der Waals surface area contributed by atoms with Gasteiger partial charge in [-0.05, 0) is 55.3 Å². The number of anilines is 2. The predicted molar refractivity (Wildman–Crippen MR) is 142 cm³/mol. The second kappa shape index (κ2) is 11.1. The molecule has 0 fully saturated rings. The molecule has 0 atom stereocenters. The number of hydrogen-bond acceptors (Lipinski definition) is 6. The van der Waals surface area contributed by atoms with Crippen molar-refractivity contribution in [3.63, 3.8) is 0 Å². The van der Waals surface area contributed by atoms with E-state index < -0.39 is 0 Å². The van der Waals surface area contributed by atoms with E-state index >= 15 is 0 Å². The summed E-state index contributed by atoms with van der Waals surface area (Å²) >= 11 is 1.38. The molecular formula is C27H29N5O2S. The van der Waals surface area contributed by atoms with Gasteiger partial charge in [-0.3, -0.25) is 9.36 Å². The molecule has 4 aromatic rings. The van der Waals surface area contributed by atoms with E-state index in [1.807, 2.05) is 65.2 Å². The lowest BCUT2D eigenvalue weighted by atomic mass is 10.1. The van der Waals surface area contributed by atoms with Crippen molar-refractivity contribution < 1.29 is 9.53 Å². The minimum Gasteiger partial charge on any atom is -0.495 e. The largest absolute Gasteiger partial charge is 0.495 e. The highest BCUT2D eigenvalue weighted by molar-refractivity contribution is 7.99. The van der Waals surface area contributed by atoms with E-state index in [1.165, 1.54) is 17.3 Å². The summed E-state index contributed by atoms with van der Waals surface area (Å²) in [6.07, 6.45) is 0. The molecule has 1 heterocycles. The molecular weight excluding hydrogens is 458 g/mol. The maximum Gasteiger partial charge on any atom is 0.237 e. The number of para-hydroxylation sites is 3. The third kappa shape index (κ3) is 5.49. The topological polar surface area (TPSA) is 72.3 Å². The summed E-state index contributed by atoms with van der Waals surface area (Å²) in [4.78, 5) is 14.6. The van der Waals surface area contributed by atoms with Crippen molar-refractivity contribution in [2.24, 2.45) is 0 Å². The van der Waals surface area contributed by atoms with Gasteiger partial charge >= 0.3 is 0 Å². The van der Waals surface area contributed by atoms with Crippen LogP contribution in [0, 0.1) is 13.8 Å². The van der Waals surface area contributed by atoms with Gasteiger partial charge in [0.25, 0.3) is 0 Å². The van der Waals surface area contributed by atoms with Crippen molar-refractivity contribution in [1.82, 2.24) is 14.8 Å². The monoisotopic (exact) mass is 487 g/mol. The average molecular weight is 488 g/mol. The predicted octanol–water partition coefficient (Wildman–Crippen LogP) is 5.26. The van der Waals surface area contributed by atoms with Gasteiger partial charge in [-0.1, -0.05) is 54.2 Å². The highest BCUT2D eigenvalue weighted by Crippen LogP contribution is 2.28. The van der Waals surface area contributed by atoms with Crippen molar-refractivity contribution in [1.29, 1.82) is 0 Å². The molecule has 0 spiro atoms. The molecule has 180 valence electrons. The van der Waals surface area contributed by atoms with Gasteiger partial charge in [0.2, 0.25) is 5.91 Å². The lowest BCUT2D eigenvalue weighted by molar-refractivity contribution is -0.115. The molecule has 0 saturated heterocycles. The number of nitrogens with one attached hydrogen (secondary N) is 1. The van der Waals surface area contributed by atoms with Gasteiger partial charge in [0.15, 0.2) is 11.0 Å². The molecule has 0 aliphatic rings. The van der Waals surface area contributed by atoms with Gasteiger partial charge in [0.05, 0.1) is 30.8 Å². The first-order valence-electron chi connectivity index (χ1n) is 11.3. The summed E-state index contributed by atoms with van der Waals surface area (Å²) in [7, 11) is 3.44. The number of carbonyl (C=O) groups excluding carboxylic acids is 1. The summed E-state index contributed by atoms with van der Waals surface area (Å²) in [5.41, 5.74) is 5.05. The molecule has 0 aliphatic heterocycles. The molecule has 35 heavy (non-hydrogen) atoms. The first-order valence-corrected chi connectivity index (χ1v) is 12.3. The van der Waals surface area contributed by atoms with Gasteiger partial charge < -0.3 is 15.0 Å². The number of amides is 1. The van der Waals surface area contributed by atoms with Crippen LogP contribution >= 0.6 is 11.8 Å². The van der Waals surface area contributed by atoms with Crippen LogP contribution in [-0.2, 0) is 11.3 Å². The third-order valence-electron chi connectivity index (χ3n) is 5.90. The number of thioether (sulfide) groups is 1. The number of carbonyl (C=O) groups is 1. The quantitative estimate of drug-likeness (QED) is 0.325. The van der Waals surface area contributed by atoms with Gasteiger partial charge in [0.1, 0.15) is 5.75 Å². The normalized spacial score (nSPS) is 10.7. The summed E-state index contributed by atoms with van der Waals surface area (Å²) in [5.74, 6) is 1.74. The van der Waals surface area contributed by atoms with Crippen LogP contribution in [0.1, 0.15) is 17.0 Å². The van der Waals surface area contributed by atoms with Crippen LogP contribution in [0.2, 0.25) is 0 Å². The second-order valence-electron chi connectivity index (χ2n) is 8.08. The van der Waals surface area contributed by atoms with E-state index in [4.69, 9.17) is 4.74 Å². The summed E-state index contributed by atoms with van der Waals surface area (Å²) in [6, 6.07) is 23.5. The van der Waals surface area contributed by atoms with Gasteiger partial charge in [-0.25, -0.2) is 0 Å². The highest BCUT2D eigenvalue weighted by atomic mass is 32.2. The first-order chi connectivity index (χ1) is 17.0. The molecule has 1 amide bonds. The zero-order valence-electron chi connectivity index (χ0n) is 20.4. The minimum absolute atomic E-state index is 0.00888. The minimum atomic E-state index is -0.00888. The lowest BCUT2D eigenvalue weighted by Crippen LogP contribution is -2.28. The smallest absolute Gasteiger partial charge is 0.237 e. The molecule has 4 rings (SSSR count). The summed E-state index contributed by atoms with van der Waals surface area (Å²) in [5, 5.41) is 13.0. The van der Waals surface area contributed by atoms with Crippen LogP contribution in [0.4, 0.5) is 11.4 Å². The Bertz CT molecular complexity index is 1310. The van der Waals surface area contributed by atoms with Crippen molar-refractivity contribution in [2.45, 2.75) is 25.5 Å². The highest BCUT2D eigenvalue weighted by Gasteiger charge is 2.19. The zero-order chi connectivity index (χ0) is 24.8. The maximum absolute atomic E-state index is 12.9. The number of rotatable bonds is 9. The molecule has 7 nitrogen and oxygen atoms in total. The van der Waals surface area contributed by atoms with Crippen LogP contribution in [0.15, 0.2) is 78.0 Å². The first kappa shape index (κ1) is 24.3. The Kier molecular flexibility index (Phi) is 7.72. The van der Waals surface area contributed by atoms with Gasteiger partial charge in [-0.2, -0.15) is 0 Å². The summed E-state index contributed by atoms with van der Waals surface area (Å²) in [6.45, 7) is 4.62. The molecule has 0 aliphatic carbocycles. The molecule has 1 N–H and O–H groups in total. The average Bonchev–Trinajstić information content (AvgIpc) is 3.30. The Hall–Kier alpha value is -3.78. The van der Waals surface area contributed by atoms with E-state index in [1.54, 1.807) is 19.1 Å². The van der Waals surface area contributed by atoms with Crippen LogP contribution < -0.4 is 15.0 Å². The molecule has 0 radical (unpaired) electrons. The molecule has 1 aromatic heterocycles. The van der Waals surface area contributed by atoms with Crippen LogP contribution in [0.3, 0.4) is 0 Å². The Balaban J connectivity index is 1.60. The maximum atomic E-state index is 12.9. The standard InChI is InChI=1S/C27H29N5O2S/c1-19-11-10-15-23(20(19)2)32-25(17-28-22-14-8-9-16-24(22)34-4)29-30-27(32)35-18-26(33)31(3)21-12-6-5-7-13-21/h5-16,28H,17-18H2,1-4H3. The Morgan fingerprint density at radius 3 is 2.51 bits per heavy atom. The second-order valence-corrected chi connectivity index (χ2v) is 9.03. The molecule has 8 heteroatoms. The van der Waals surface area contributed by atoms with Crippen LogP contribution in [0.25, 0.3) is 5.69 Å². The van der Waals surface area contributed by atoms with Crippen molar-refractivity contribution in [3.05, 3.63) is 89.7 Å². The number of methoxy groups -OCH3 is 1. The number of hydrogen-bond donors (Lipinski definition) is 1. The Morgan fingerprint density at radius 2 is 1.74 bits per heavy atom. The van der Waals surface area contributed by atoms with E-state index in [9.17, 15) is 4.79 Å². The van der Waals surface area contributed by atoms with Crippen molar-refractivity contribution in [3.8, 4) is 11.4 Å². The molecule has 3 aromatic carbocycles. The fraction of sp³-hybridized carbons (Fsp3) is 0.222. The van der Waals surface area contributed by atoms with Crippen LogP contribution in [0.5, 0.6) is 5.75 Å².